The standard InChI is InChI=1S/C10H16N2S/c1-7-9(13-8(2)12-7)6-11-10(3)4-5-10/h11H,4-6H2,1-3H3. The van der Waals surface area contributed by atoms with Gasteiger partial charge in [0, 0.05) is 17.0 Å². The largest absolute Gasteiger partial charge is 0.307 e. The van der Waals surface area contributed by atoms with Crippen LogP contribution in [0.1, 0.15) is 35.3 Å². The molecule has 0 aromatic carbocycles. The van der Waals surface area contributed by atoms with Crippen LogP contribution in [-0.2, 0) is 6.54 Å². The van der Waals surface area contributed by atoms with E-state index in [0.29, 0.717) is 5.54 Å². The molecule has 1 aliphatic carbocycles. The molecule has 1 aliphatic rings. The third-order valence-corrected chi connectivity index (χ3v) is 3.75. The van der Waals surface area contributed by atoms with E-state index in [1.165, 1.54) is 28.4 Å². The minimum Gasteiger partial charge on any atom is -0.307 e. The SMILES string of the molecule is Cc1nc(C)c(CNC2(C)CC2)s1. The Kier molecular flexibility index (Phi) is 2.16. The van der Waals surface area contributed by atoms with Crippen LogP contribution in [-0.4, -0.2) is 10.5 Å². The summed E-state index contributed by atoms with van der Waals surface area (Å²) in [6.07, 6.45) is 2.65. The van der Waals surface area contributed by atoms with Crippen molar-refractivity contribution in [3.8, 4) is 0 Å². The molecule has 0 unspecified atom stereocenters. The van der Waals surface area contributed by atoms with Gasteiger partial charge in [0.05, 0.1) is 10.7 Å². The smallest absolute Gasteiger partial charge is 0.0900 e. The Bertz CT molecular complexity index is 313. The molecule has 1 aromatic heterocycles. The van der Waals surface area contributed by atoms with Gasteiger partial charge in [-0.15, -0.1) is 11.3 Å². The number of aryl methyl sites for hydroxylation is 2. The van der Waals surface area contributed by atoms with Gasteiger partial charge in [-0.3, -0.25) is 0 Å². The lowest BCUT2D eigenvalue weighted by Crippen LogP contribution is -2.26. The molecule has 0 bridgehead atoms. The minimum atomic E-state index is 0.435. The summed E-state index contributed by atoms with van der Waals surface area (Å²) in [4.78, 5) is 5.80. The summed E-state index contributed by atoms with van der Waals surface area (Å²) in [5.41, 5.74) is 1.63. The lowest BCUT2D eigenvalue weighted by atomic mass is 10.3. The molecule has 2 nitrogen and oxygen atoms in total. The molecule has 1 fully saturated rings. The first-order chi connectivity index (χ1) is 6.09. The number of nitrogens with one attached hydrogen (secondary N) is 1. The highest BCUT2D eigenvalue weighted by molar-refractivity contribution is 7.11. The van der Waals surface area contributed by atoms with E-state index < -0.39 is 0 Å². The first-order valence-corrected chi connectivity index (χ1v) is 5.59. The minimum absolute atomic E-state index is 0.435. The fraction of sp³-hybridized carbons (Fsp3) is 0.700. The highest BCUT2D eigenvalue weighted by atomic mass is 32.1. The maximum Gasteiger partial charge on any atom is 0.0900 e. The zero-order valence-electron chi connectivity index (χ0n) is 8.48. The summed E-state index contributed by atoms with van der Waals surface area (Å²) in [6.45, 7) is 7.44. The number of thiazole rings is 1. The van der Waals surface area contributed by atoms with Gasteiger partial charge in [0.1, 0.15) is 0 Å². The molecular weight excluding hydrogens is 180 g/mol. The van der Waals surface area contributed by atoms with Gasteiger partial charge < -0.3 is 5.32 Å². The Morgan fingerprint density at radius 3 is 2.62 bits per heavy atom. The first kappa shape index (κ1) is 9.16. The van der Waals surface area contributed by atoms with Crippen molar-refractivity contribution in [3.05, 3.63) is 15.6 Å². The molecule has 2 rings (SSSR count). The molecule has 3 heteroatoms. The quantitative estimate of drug-likeness (QED) is 0.803. The monoisotopic (exact) mass is 196 g/mol. The van der Waals surface area contributed by atoms with Crippen molar-refractivity contribution in [2.24, 2.45) is 0 Å². The summed E-state index contributed by atoms with van der Waals surface area (Å²) < 4.78 is 0. The molecule has 0 radical (unpaired) electrons. The second-order valence-electron chi connectivity index (χ2n) is 4.16. The lowest BCUT2D eigenvalue weighted by Gasteiger charge is -2.09. The highest BCUT2D eigenvalue weighted by Crippen LogP contribution is 2.35. The van der Waals surface area contributed by atoms with Crippen molar-refractivity contribution in [2.75, 3.05) is 0 Å². The van der Waals surface area contributed by atoms with Gasteiger partial charge in [-0.1, -0.05) is 0 Å². The molecule has 0 atom stereocenters. The van der Waals surface area contributed by atoms with E-state index in [1.807, 2.05) is 11.3 Å². The number of aromatic nitrogens is 1. The van der Waals surface area contributed by atoms with Crippen LogP contribution in [0.3, 0.4) is 0 Å². The van der Waals surface area contributed by atoms with Gasteiger partial charge >= 0.3 is 0 Å². The summed E-state index contributed by atoms with van der Waals surface area (Å²) in [5.74, 6) is 0. The van der Waals surface area contributed by atoms with Crippen LogP contribution < -0.4 is 5.32 Å². The molecule has 13 heavy (non-hydrogen) atoms. The van der Waals surface area contributed by atoms with E-state index in [-0.39, 0.29) is 0 Å². The van der Waals surface area contributed by atoms with Crippen molar-refractivity contribution in [1.29, 1.82) is 0 Å². The second kappa shape index (κ2) is 3.07. The third-order valence-electron chi connectivity index (χ3n) is 2.68. The molecule has 1 heterocycles. The van der Waals surface area contributed by atoms with Crippen LogP contribution in [0.15, 0.2) is 0 Å². The van der Waals surface area contributed by atoms with E-state index in [4.69, 9.17) is 0 Å². The summed E-state index contributed by atoms with van der Waals surface area (Å²) in [5, 5.41) is 4.75. The normalized spacial score (nSPS) is 19.0. The Labute approximate surface area is 83.4 Å². The van der Waals surface area contributed by atoms with E-state index in [9.17, 15) is 0 Å². The van der Waals surface area contributed by atoms with Gasteiger partial charge in [0.2, 0.25) is 0 Å². The number of rotatable bonds is 3. The summed E-state index contributed by atoms with van der Waals surface area (Å²) >= 11 is 1.81. The van der Waals surface area contributed by atoms with Crippen LogP contribution in [0, 0.1) is 13.8 Å². The maximum absolute atomic E-state index is 4.41. The van der Waals surface area contributed by atoms with E-state index in [0.717, 1.165) is 6.54 Å². The summed E-state index contributed by atoms with van der Waals surface area (Å²) in [7, 11) is 0. The second-order valence-corrected chi connectivity index (χ2v) is 5.44. The van der Waals surface area contributed by atoms with E-state index >= 15 is 0 Å². The van der Waals surface area contributed by atoms with E-state index in [2.05, 4.69) is 31.1 Å². The predicted octanol–water partition coefficient (Wildman–Crippen LogP) is 2.40. The third kappa shape index (κ3) is 2.09. The molecule has 0 spiro atoms. The zero-order valence-corrected chi connectivity index (χ0v) is 9.29. The fourth-order valence-electron chi connectivity index (χ4n) is 1.40. The lowest BCUT2D eigenvalue weighted by molar-refractivity contribution is 0.540. The molecular formula is C10H16N2S. The van der Waals surface area contributed by atoms with Crippen molar-refractivity contribution in [1.82, 2.24) is 10.3 Å². The number of hydrogen-bond donors (Lipinski definition) is 1. The Morgan fingerprint density at radius 2 is 2.15 bits per heavy atom. The van der Waals surface area contributed by atoms with E-state index in [1.54, 1.807) is 0 Å². The van der Waals surface area contributed by atoms with Crippen LogP contribution >= 0.6 is 11.3 Å². The first-order valence-electron chi connectivity index (χ1n) is 4.77. The van der Waals surface area contributed by atoms with Crippen LogP contribution in [0.2, 0.25) is 0 Å². The van der Waals surface area contributed by atoms with Crippen molar-refractivity contribution in [2.45, 2.75) is 45.7 Å². The fourth-order valence-corrected chi connectivity index (χ4v) is 2.27. The maximum atomic E-state index is 4.41. The summed E-state index contributed by atoms with van der Waals surface area (Å²) in [6, 6.07) is 0. The molecule has 1 saturated carbocycles. The van der Waals surface area contributed by atoms with Crippen molar-refractivity contribution >= 4 is 11.3 Å². The van der Waals surface area contributed by atoms with Crippen LogP contribution in [0.4, 0.5) is 0 Å². The van der Waals surface area contributed by atoms with Gasteiger partial charge in [0.25, 0.3) is 0 Å². The van der Waals surface area contributed by atoms with Crippen molar-refractivity contribution < 1.29 is 0 Å². The molecule has 1 aromatic rings. The highest BCUT2D eigenvalue weighted by Gasteiger charge is 2.36. The average Bonchev–Trinajstić information content (AvgIpc) is 2.69. The van der Waals surface area contributed by atoms with Crippen molar-refractivity contribution in [3.63, 3.8) is 0 Å². The Balaban J connectivity index is 1.97. The zero-order chi connectivity index (χ0) is 9.47. The van der Waals surface area contributed by atoms with Gasteiger partial charge in [-0.2, -0.15) is 0 Å². The van der Waals surface area contributed by atoms with Gasteiger partial charge in [-0.25, -0.2) is 4.98 Å². The molecule has 1 N–H and O–H groups in total. The number of hydrogen-bond acceptors (Lipinski definition) is 3. The van der Waals surface area contributed by atoms with Crippen LogP contribution in [0.5, 0.6) is 0 Å². The van der Waals surface area contributed by atoms with Crippen LogP contribution in [0.25, 0.3) is 0 Å². The molecule has 0 saturated heterocycles. The number of nitrogens with zero attached hydrogens (tertiary/aromatic N) is 1. The molecule has 0 amide bonds. The van der Waals surface area contributed by atoms with Gasteiger partial charge in [-0.05, 0) is 33.6 Å². The van der Waals surface area contributed by atoms with Gasteiger partial charge in [0.15, 0.2) is 0 Å². The average molecular weight is 196 g/mol. The predicted molar refractivity (Wildman–Crippen MR) is 56.1 cm³/mol. The Hall–Kier alpha value is -0.410. The molecule has 0 aliphatic heterocycles. The molecule has 72 valence electrons. The Morgan fingerprint density at radius 1 is 1.46 bits per heavy atom. The topological polar surface area (TPSA) is 24.9 Å².